The van der Waals surface area contributed by atoms with Crippen molar-refractivity contribution in [2.45, 2.75) is 25.7 Å². The molecular weight excluding hydrogens is 390 g/mol. The number of aryl methyl sites for hydroxylation is 1. The highest BCUT2D eigenvalue weighted by Crippen LogP contribution is 2.20. The second-order valence-corrected chi connectivity index (χ2v) is 6.54. The van der Waals surface area contributed by atoms with E-state index in [-0.39, 0.29) is 30.4 Å². The largest absolute Gasteiger partial charge is 0.497 e. The van der Waals surface area contributed by atoms with Crippen molar-refractivity contribution in [3.05, 3.63) is 51.6 Å². The van der Waals surface area contributed by atoms with Gasteiger partial charge in [0.05, 0.1) is 18.7 Å². The summed E-state index contributed by atoms with van der Waals surface area (Å²) in [6, 6.07) is 7.62. The van der Waals surface area contributed by atoms with E-state index < -0.39 is 11.8 Å². The van der Waals surface area contributed by atoms with Crippen LogP contribution in [0.15, 0.2) is 34.2 Å². The van der Waals surface area contributed by atoms with Gasteiger partial charge in [0.25, 0.3) is 5.56 Å². The van der Waals surface area contributed by atoms with Crippen LogP contribution in [0.5, 0.6) is 5.75 Å². The standard InChI is InChI=1S/C19H27N7O4/c1-11-15(14(16(20)27)8-10-30-26-19(21)22)25-17(18(28)24-11)23-9-7-12-3-5-13(29-2)6-4-12/h3-6,14H,7-10H2,1-2H3,(H2,20,27)(H,23,25)(H,24,28)(H4,21,22,26). The number of H-pyrrole nitrogens is 1. The van der Waals surface area contributed by atoms with Crippen molar-refractivity contribution in [1.29, 1.82) is 0 Å². The molecule has 8 N–H and O–H groups in total. The molecule has 162 valence electrons. The summed E-state index contributed by atoms with van der Waals surface area (Å²) >= 11 is 0. The second-order valence-electron chi connectivity index (χ2n) is 6.54. The Morgan fingerprint density at radius 2 is 1.97 bits per heavy atom. The van der Waals surface area contributed by atoms with Crippen LogP contribution in [0.2, 0.25) is 0 Å². The first-order valence-corrected chi connectivity index (χ1v) is 9.29. The van der Waals surface area contributed by atoms with Gasteiger partial charge in [-0.05, 0) is 36.2 Å². The van der Waals surface area contributed by atoms with E-state index in [0.29, 0.717) is 24.4 Å². The second kappa shape index (κ2) is 10.7. The lowest BCUT2D eigenvalue weighted by Gasteiger charge is -2.16. The molecule has 0 aliphatic carbocycles. The lowest BCUT2D eigenvalue weighted by Crippen LogP contribution is -2.28. The van der Waals surface area contributed by atoms with Gasteiger partial charge in [-0.1, -0.05) is 12.1 Å². The number of rotatable bonds is 11. The van der Waals surface area contributed by atoms with E-state index in [4.69, 9.17) is 26.8 Å². The van der Waals surface area contributed by atoms with Crippen molar-refractivity contribution in [3.63, 3.8) is 0 Å². The number of nitrogens with two attached hydrogens (primary N) is 3. The predicted molar refractivity (Wildman–Crippen MR) is 113 cm³/mol. The van der Waals surface area contributed by atoms with Gasteiger partial charge in [0, 0.05) is 18.7 Å². The number of hydrogen-bond acceptors (Lipinski definition) is 7. The number of carbonyl (C=O) groups is 1. The molecular formula is C19H27N7O4. The molecule has 0 aliphatic rings. The van der Waals surface area contributed by atoms with Crippen molar-refractivity contribution in [2.24, 2.45) is 22.4 Å². The van der Waals surface area contributed by atoms with Gasteiger partial charge in [-0.3, -0.25) is 9.59 Å². The molecule has 0 bridgehead atoms. The molecule has 1 unspecified atom stereocenters. The van der Waals surface area contributed by atoms with Crippen LogP contribution in [0.1, 0.15) is 29.3 Å². The molecule has 0 saturated heterocycles. The summed E-state index contributed by atoms with van der Waals surface area (Å²) in [4.78, 5) is 36.2. The molecule has 1 amide bonds. The van der Waals surface area contributed by atoms with E-state index in [1.165, 1.54) is 0 Å². The minimum Gasteiger partial charge on any atom is -0.497 e. The average molecular weight is 417 g/mol. The molecule has 1 atom stereocenters. The van der Waals surface area contributed by atoms with Crippen LogP contribution in [-0.2, 0) is 16.1 Å². The fourth-order valence-corrected chi connectivity index (χ4v) is 2.83. The topological polar surface area (TPSA) is 184 Å². The zero-order chi connectivity index (χ0) is 22.1. The number of methoxy groups -OCH3 is 1. The number of guanidine groups is 1. The Bertz CT molecular complexity index is 937. The van der Waals surface area contributed by atoms with E-state index in [1.807, 2.05) is 24.3 Å². The maximum Gasteiger partial charge on any atom is 0.290 e. The van der Waals surface area contributed by atoms with Gasteiger partial charge < -0.3 is 37.1 Å². The lowest BCUT2D eigenvalue weighted by molar-refractivity contribution is -0.120. The van der Waals surface area contributed by atoms with Crippen molar-refractivity contribution in [3.8, 4) is 5.75 Å². The van der Waals surface area contributed by atoms with Gasteiger partial charge in [-0.2, -0.15) is 0 Å². The molecule has 11 nitrogen and oxygen atoms in total. The van der Waals surface area contributed by atoms with E-state index >= 15 is 0 Å². The fraction of sp³-hybridized carbons (Fsp3) is 0.368. The van der Waals surface area contributed by atoms with Crippen molar-refractivity contribution < 1.29 is 14.4 Å². The SMILES string of the molecule is COc1ccc(CCNc2nc(C(CCON=C(N)N)C(N)=O)c(C)[nH]c2=O)cc1. The van der Waals surface area contributed by atoms with Crippen LogP contribution < -0.4 is 32.8 Å². The number of anilines is 1. The zero-order valence-electron chi connectivity index (χ0n) is 17.0. The molecule has 1 aromatic heterocycles. The highest BCUT2D eigenvalue weighted by Gasteiger charge is 2.23. The minimum atomic E-state index is -0.779. The normalized spacial score (nSPS) is 11.4. The third-order valence-electron chi connectivity index (χ3n) is 4.34. The summed E-state index contributed by atoms with van der Waals surface area (Å²) in [6.07, 6.45) is 0.858. The van der Waals surface area contributed by atoms with Gasteiger partial charge in [0.15, 0.2) is 5.82 Å². The predicted octanol–water partition coefficient (Wildman–Crippen LogP) is -0.0945. The Balaban J connectivity index is 2.09. The zero-order valence-corrected chi connectivity index (χ0v) is 17.0. The lowest BCUT2D eigenvalue weighted by atomic mass is 9.99. The maximum absolute atomic E-state index is 12.3. The molecule has 2 aromatic rings. The Hall–Kier alpha value is -3.76. The Labute approximate surface area is 173 Å². The molecule has 0 saturated carbocycles. The van der Waals surface area contributed by atoms with E-state index in [9.17, 15) is 9.59 Å². The Morgan fingerprint density at radius 1 is 1.27 bits per heavy atom. The average Bonchev–Trinajstić information content (AvgIpc) is 2.70. The number of hydrogen-bond donors (Lipinski definition) is 5. The number of nitrogens with one attached hydrogen (secondary N) is 2. The fourth-order valence-electron chi connectivity index (χ4n) is 2.83. The monoisotopic (exact) mass is 417 g/mol. The number of oxime groups is 1. The number of aromatic nitrogens is 2. The number of amides is 1. The highest BCUT2D eigenvalue weighted by molar-refractivity contribution is 5.81. The molecule has 0 radical (unpaired) electrons. The van der Waals surface area contributed by atoms with Crippen LogP contribution in [0.4, 0.5) is 5.82 Å². The quantitative estimate of drug-likeness (QED) is 0.145. The van der Waals surface area contributed by atoms with Gasteiger partial charge in [0.1, 0.15) is 12.4 Å². The number of ether oxygens (including phenoxy) is 1. The Kier molecular flexibility index (Phi) is 8.03. The van der Waals surface area contributed by atoms with Crippen molar-refractivity contribution in [2.75, 3.05) is 25.6 Å². The summed E-state index contributed by atoms with van der Waals surface area (Å²) in [5.41, 5.74) is 17.4. The van der Waals surface area contributed by atoms with E-state index in [2.05, 4.69) is 20.4 Å². The smallest absolute Gasteiger partial charge is 0.290 e. The van der Waals surface area contributed by atoms with Gasteiger partial charge in [-0.15, -0.1) is 0 Å². The van der Waals surface area contributed by atoms with E-state index in [1.54, 1.807) is 14.0 Å². The van der Waals surface area contributed by atoms with Crippen LogP contribution in [0, 0.1) is 6.92 Å². The number of carbonyl (C=O) groups excluding carboxylic acids is 1. The highest BCUT2D eigenvalue weighted by atomic mass is 16.6. The molecule has 0 fully saturated rings. The molecule has 11 heteroatoms. The van der Waals surface area contributed by atoms with Gasteiger partial charge >= 0.3 is 0 Å². The van der Waals surface area contributed by atoms with Gasteiger partial charge in [-0.25, -0.2) is 4.98 Å². The number of primary amides is 1. The minimum absolute atomic E-state index is 0.0476. The first kappa shape index (κ1) is 22.5. The van der Waals surface area contributed by atoms with Crippen LogP contribution in [-0.4, -0.2) is 42.1 Å². The number of benzene rings is 1. The molecule has 1 heterocycles. The van der Waals surface area contributed by atoms with Crippen LogP contribution in [0.25, 0.3) is 0 Å². The summed E-state index contributed by atoms with van der Waals surface area (Å²) < 4.78 is 5.13. The van der Waals surface area contributed by atoms with E-state index in [0.717, 1.165) is 11.3 Å². The Morgan fingerprint density at radius 3 is 2.57 bits per heavy atom. The third-order valence-corrected chi connectivity index (χ3v) is 4.34. The third kappa shape index (κ3) is 6.40. The maximum atomic E-state index is 12.3. The molecule has 0 aliphatic heterocycles. The number of aromatic amines is 1. The van der Waals surface area contributed by atoms with Crippen LogP contribution >= 0.6 is 0 Å². The summed E-state index contributed by atoms with van der Waals surface area (Å²) in [6.45, 7) is 2.17. The molecule has 2 rings (SSSR count). The summed E-state index contributed by atoms with van der Waals surface area (Å²) in [5.74, 6) is -0.726. The van der Waals surface area contributed by atoms with Crippen molar-refractivity contribution >= 4 is 17.7 Å². The van der Waals surface area contributed by atoms with Crippen LogP contribution in [0.3, 0.4) is 0 Å². The van der Waals surface area contributed by atoms with Crippen molar-refractivity contribution in [1.82, 2.24) is 9.97 Å². The molecule has 30 heavy (non-hydrogen) atoms. The first-order chi connectivity index (χ1) is 14.3. The number of nitrogens with zero attached hydrogens (tertiary/aromatic N) is 2. The summed E-state index contributed by atoms with van der Waals surface area (Å²) in [5, 5.41) is 6.41. The summed E-state index contributed by atoms with van der Waals surface area (Å²) in [7, 11) is 1.61. The molecule has 1 aromatic carbocycles. The first-order valence-electron chi connectivity index (χ1n) is 9.29. The molecule has 0 spiro atoms. The van der Waals surface area contributed by atoms with Gasteiger partial charge in [0.2, 0.25) is 11.9 Å².